The fourth-order valence-electron chi connectivity index (χ4n) is 7.40. The Bertz CT molecular complexity index is 1670. The van der Waals surface area contributed by atoms with Gasteiger partial charge < -0.3 is 0 Å². The summed E-state index contributed by atoms with van der Waals surface area (Å²) in [4.78, 5) is 0. The van der Waals surface area contributed by atoms with Gasteiger partial charge in [0.1, 0.15) is 0 Å². The Balaban J connectivity index is 1.42. The molecule has 0 radical (unpaired) electrons. The average Bonchev–Trinajstić information content (AvgIpc) is 3.40. The molecule has 4 aliphatic rings. The largest absolute Gasteiger partial charge is 0.0839 e. The van der Waals surface area contributed by atoms with Crippen LogP contribution in [0.2, 0.25) is 0 Å². The number of fused-ring (bicyclic) bond motifs is 10. The lowest BCUT2D eigenvalue weighted by Gasteiger charge is -2.37. The lowest BCUT2D eigenvalue weighted by Crippen LogP contribution is -2.33. The fraction of sp³-hybridized carbons (Fsp3) is 0.143. The molecule has 0 aliphatic heterocycles. The van der Waals surface area contributed by atoms with Crippen LogP contribution in [0, 0.1) is 5.92 Å². The molecular formula is C35H26. The molecule has 0 aromatic heterocycles. The summed E-state index contributed by atoms with van der Waals surface area (Å²) in [7, 11) is 0. The van der Waals surface area contributed by atoms with E-state index >= 15 is 0 Å². The average molecular weight is 447 g/mol. The molecule has 4 aliphatic carbocycles. The van der Waals surface area contributed by atoms with Gasteiger partial charge in [-0.05, 0) is 92.3 Å². The summed E-state index contributed by atoms with van der Waals surface area (Å²) in [5.41, 5.74) is 13.0. The van der Waals surface area contributed by atoms with Crippen molar-refractivity contribution in [2.75, 3.05) is 0 Å². The molecule has 1 spiro atoms. The van der Waals surface area contributed by atoms with E-state index in [0.717, 1.165) is 19.3 Å². The summed E-state index contributed by atoms with van der Waals surface area (Å²) in [5, 5.41) is 2.59. The van der Waals surface area contributed by atoms with Gasteiger partial charge in [-0.2, -0.15) is 0 Å². The standard InChI is InChI=1S/C35H26/c1-2-10-24-21-25(18-17-23(24)9-1)26-19-20-30-29-13-5-8-16-33(29)35(34(30)22-26)31-14-6-3-11-27(31)28-12-4-7-15-32(28)35/h1-3,5-11,13,15-22,31H,4,12,14H2. The van der Waals surface area contributed by atoms with Crippen LogP contribution in [0.1, 0.15) is 30.4 Å². The van der Waals surface area contributed by atoms with Crippen LogP contribution in [-0.2, 0) is 5.41 Å². The molecule has 0 nitrogen and oxygen atoms in total. The van der Waals surface area contributed by atoms with Gasteiger partial charge in [0.05, 0.1) is 5.41 Å². The van der Waals surface area contributed by atoms with E-state index < -0.39 is 0 Å². The molecule has 0 bridgehead atoms. The second-order valence-electron chi connectivity index (χ2n) is 10.3. The summed E-state index contributed by atoms with van der Waals surface area (Å²) in [6, 6.07) is 32.0. The summed E-state index contributed by atoms with van der Waals surface area (Å²) in [6.07, 6.45) is 15.3. The molecule has 0 heteroatoms. The van der Waals surface area contributed by atoms with Gasteiger partial charge >= 0.3 is 0 Å². The zero-order valence-electron chi connectivity index (χ0n) is 19.7. The molecule has 8 rings (SSSR count). The van der Waals surface area contributed by atoms with Crippen molar-refractivity contribution in [3.8, 4) is 22.3 Å². The minimum atomic E-state index is -0.0956. The Labute approximate surface area is 206 Å². The van der Waals surface area contributed by atoms with Crippen LogP contribution >= 0.6 is 0 Å². The van der Waals surface area contributed by atoms with Crippen LogP contribution in [0.25, 0.3) is 33.0 Å². The highest BCUT2D eigenvalue weighted by atomic mass is 14.6. The highest BCUT2D eigenvalue weighted by Gasteiger charge is 2.56. The van der Waals surface area contributed by atoms with Gasteiger partial charge in [0.25, 0.3) is 0 Å². The first-order chi connectivity index (χ1) is 17.4. The zero-order chi connectivity index (χ0) is 23.0. The third kappa shape index (κ3) is 2.47. The Morgan fingerprint density at radius 2 is 1.49 bits per heavy atom. The molecular weight excluding hydrogens is 420 g/mol. The zero-order valence-corrected chi connectivity index (χ0v) is 19.7. The number of allylic oxidation sites excluding steroid dienone is 8. The van der Waals surface area contributed by atoms with E-state index in [1.807, 2.05) is 0 Å². The molecule has 4 aromatic rings. The number of hydrogen-bond acceptors (Lipinski definition) is 0. The van der Waals surface area contributed by atoms with Gasteiger partial charge in [-0.15, -0.1) is 0 Å². The molecule has 4 aromatic carbocycles. The summed E-state index contributed by atoms with van der Waals surface area (Å²) >= 11 is 0. The first kappa shape index (κ1) is 19.4. The molecule has 0 amide bonds. The Hall–Kier alpha value is -3.90. The number of rotatable bonds is 1. The van der Waals surface area contributed by atoms with Crippen molar-refractivity contribution in [1.29, 1.82) is 0 Å². The second-order valence-corrected chi connectivity index (χ2v) is 10.3. The van der Waals surface area contributed by atoms with Crippen molar-refractivity contribution >= 4 is 10.8 Å². The maximum atomic E-state index is 2.52. The predicted octanol–water partition coefficient (Wildman–Crippen LogP) is 8.94. The van der Waals surface area contributed by atoms with Crippen LogP contribution in [0.4, 0.5) is 0 Å². The van der Waals surface area contributed by atoms with Crippen LogP contribution < -0.4 is 0 Å². The second kappa shape index (κ2) is 7.06. The van der Waals surface area contributed by atoms with Crippen molar-refractivity contribution in [2.45, 2.75) is 24.7 Å². The van der Waals surface area contributed by atoms with Crippen molar-refractivity contribution in [2.24, 2.45) is 5.92 Å². The highest BCUT2D eigenvalue weighted by Crippen LogP contribution is 2.66. The number of hydrogen-bond donors (Lipinski definition) is 0. The normalized spacial score (nSPS) is 23.3. The molecule has 0 saturated carbocycles. The molecule has 0 N–H and O–H groups in total. The highest BCUT2D eigenvalue weighted by molar-refractivity contribution is 5.91. The lowest BCUT2D eigenvalue weighted by atomic mass is 9.64. The quantitative estimate of drug-likeness (QED) is 0.274. The molecule has 0 fully saturated rings. The Morgan fingerprint density at radius 1 is 0.686 bits per heavy atom. The third-order valence-electron chi connectivity index (χ3n) is 8.79. The molecule has 2 atom stereocenters. The van der Waals surface area contributed by atoms with Crippen molar-refractivity contribution in [1.82, 2.24) is 0 Å². The fourth-order valence-corrected chi connectivity index (χ4v) is 7.40. The van der Waals surface area contributed by atoms with E-state index in [1.165, 1.54) is 44.2 Å². The predicted molar refractivity (Wildman–Crippen MR) is 146 cm³/mol. The van der Waals surface area contributed by atoms with Crippen molar-refractivity contribution < 1.29 is 0 Å². The minimum absolute atomic E-state index is 0.0956. The van der Waals surface area contributed by atoms with E-state index in [0.29, 0.717) is 5.92 Å². The monoisotopic (exact) mass is 446 g/mol. The van der Waals surface area contributed by atoms with Gasteiger partial charge in [0.15, 0.2) is 0 Å². The third-order valence-corrected chi connectivity index (χ3v) is 8.79. The van der Waals surface area contributed by atoms with Gasteiger partial charge in [-0.1, -0.05) is 103 Å². The van der Waals surface area contributed by atoms with Crippen molar-refractivity contribution in [3.63, 3.8) is 0 Å². The van der Waals surface area contributed by atoms with Crippen LogP contribution in [0.15, 0.2) is 132 Å². The summed E-state index contributed by atoms with van der Waals surface area (Å²) < 4.78 is 0. The lowest BCUT2D eigenvalue weighted by molar-refractivity contribution is 0.464. The Kier molecular flexibility index (Phi) is 3.91. The maximum Gasteiger partial charge on any atom is 0.0537 e. The van der Waals surface area contributed by atoms with E-state index in [1.54, 1.807) is 16.7 Å². The molecule has 2 unspecified atom stereocenters. The summed E-state index contributed by atoms with van der Waals surface area (Å²) in [6.45, 7) is 0. The topological polar surface area (TPSA) is 0 Å². The number of benzene rings is 4. The van der Waals surface area contributed by atoms with E-state index in [-0.39, 0.29) is 5.41 Å². The molecule has 0 saturated heterocycles. The van der Waals surface area contributed by atoms with Crippen LogP contribution in [-0.4, -0.2) is 0 Å². The SMILES string of the molecule is C1=CCC2C(=C1)C1=C(C=CCC1)C21c2ccccc2-c2ccc(-c3ccc4ccccc4c3)cc21. The van der Waals surface area contributed by atoms with Gasteiger partial charge in [-0.25, -0.2) is 0 Å². The van der Waals surface area contributed by atoms with Crippen LogP contribution in [0.3, 0.4) is 0 Å². The minimum Gasteiger partial charge on any atom is -0.0839 e. The first-order valence-electron chi connectivity index (χ1n) is 12.9. The summed E-state index contributed by atoms with van der Waals surface area (Å²) in [5.74, 6) is 0.467. The van der Waals surface area contributed by atoms with Gasteiger partial charge in [0.2, 0.25) is 0 Å². The van der Waals surface area contributed by atoms with Crippen LogP contribution in [0.5, 0.6) is 0 Å². The molecule has 166 valence electrons. The molecule has 35 heavy (non-hydrogen) atoms. The van der Waals surface area contributed by atoms with Gasteiger partial charge in [-0.3, -0.25) is 0 Å². The molecule has 0 heterocycles. The van der Waals surface area contributed by atoms with E-state index in [9.17, 15) is 0 Å². The van der Waals surface area contributed by atoms with Gasteiger partial charge in [0, 0.05) is 5.92 Å². The van der Waals surface area contributed by atoms with Crippen molar-refractivity contribution in [3.05, 3.63) is 143 Å². The Morgan fingerprint density at radius 3 is 2.46 bits per heavy atom. The van der Waals surface area contributed by atoms with E-state index in [4.69, 9.17) is 0 Å². The smallest absolute Gasteiger partial charge is 0.0537 e. The first-order valence-corrected chi connectivity index (χ1v) is 12.9. The van der Waals surface area contributed by atoms with E-state index in [2.05, 4.69) is 115 Å². The maximum absolute atomic E-state index is 2.52.